The lowest BCUT2D eigenvalue weighted by atomic mass is 9.99. The molecule has 2 heterocycles. The highest BCUT2D eigenvalue weighted by Crippen LogP contribution is 2.30. The molecule has 0 unspecified atom stereocenters. The number of amides is 1. The van der Waals surface area contributed by atoms with Gasteiger partial charge in [-0.05, 0) is 30.0 Å². The fraction of sp³-hybridized carbons (Fsp3) is 0.375. The Morgan fingerprint density at radius 2 is 2.24 bits per heavy atom. The summed E-state index contributed by atoms with van der Waals surface area (Å²) in [6.07, 6.45) is 1.37. The third-order valence-electron chi connectivity index (χ3n) is 3.46. The van der Waals surface area contributed by atoms with Crippen molar-refractivity contribution in [2.45, 2.75) is 26.7 Å². The van der Waals surface area contributed by atoms with Crippen molar-refractivity contribution in [1.82, 2.24) is 4.98 Å². The van der Waals surface area contributed by atoms with Gasteiger partial charge in [-0.2, -0.15) is 0 Å². The summed E-state index contributed by atoms with van der Waals surface area (Å²) in [4.78, 5) is 16.0. The van der Waals surface area contributed by atoms with Crippen LogP contribution < -0.4 is 10.6 Å². The Morgan fingerprint density at radius 1 is 1.38 bits per heavy atom. The Kier molecular flexibility index (Phi) is 3.92. The standard InChI is InChI=1S/C16H19N3OS/c1-10(2)8-17-16-19-14(9-21-16)12-3-5-13-11(7-12)4-6-15(20)18-13/h3,5,7,9-10H,4,6,8H2,1-2H3,(H,17,19)(H,18,20). The molecule has 1 aliphatic rings. The molecule has 0 radical (unpaired) electrons. The minimum Gasteiger partial charge on any atom is -0.361 e. The zero-order valence-corrected chi connectivity index (χ0v) is 13.1. The predicted octanol–water partition coefficient (Wildman–Crippen LogP) is 3.76. The van der Waals surface area contributed by atoms with E-state index in [1.165, 1.54) is 5.56 Å². The van der Waals surface area contributed by atoms with Gasteiger partial charge in [-0.3, -0.25) is 4.79 Å². The summed E-state index contributed by atoms with van der Waals surface area (Å²) in [5.74, 6) is 0.703. The van der Waals surface area contributed by atoms with Gasteiger partial charge >= 0.3 is 0 Å². The average molecular weight is 301 g/mol. The van der Waals surface area contributed by atoms with Crippen LogP contribution in [0.1, 0.15) is 25.8 Å². The highest BCUT2D eigenvalue weighted by molar-refractivity contribution is 7.14. The van der Waals surface area contributed by atoms with Crippen LogP contribution in [-0.2, 0) is 11.2 Å². The zero-order chi connectivity index (χ0) is 14.8. The third-order valence-corrected chi connectivity index (χ3v) is 4.26. The van der Waals surface area contributed by atoms with Gasteiger partial charge in [0, 0.05) is 29.6 Å². The molecular formula is C16H19N3OS. The zero-order valence-electron chi connectivity index (χ0n) is 12.3. The van der Waals surface area contributed by atoms with Crippen molar-refractivity contribution in [3.8, 4) is 11.3 Å². The molecule has 110 valence electrons. The van der Waals surface area contributed by atoms with Crippen molar-refractivity contribution in [1.29, 1.82) is 0 Å². The molecule has 0 saturated heterocycles. The molecule has 1 amide bonds. The molecule has 0 fully saturated rings. The Bertz CT molecular complexity index is 663. The molecule has 21 heavy (non-hydrogen) atoms. The van der Waals surface area contributed by atoms with Crippen LogP contribution in [0.2, 0.25) is 0 Å². The number of benzene rings is 1. The van der Waals surface area contributed by atoms with E-state index in [0.717, 1.165) is 35.0 Å². The number of aromatic nitrogens is 1. The van der Waals surface area contributed by atoms with Crippen LogP contribution in [0.4, 0.5) is 10.8 Å². The number of anilines is 2. The Hall–Kier alpha value is -1.88. The fourth-order valence-electron chi connectivity index (χ4n) is 2.32. The molecule has 2 aromatic rings. The van der Waals surface area contributed by atoms with E-state index < -0.39 is 0 Å². The van der Waals surface area contributed by atoms with Crippen LogP contribution in [0.25, 0.3) is 11.3 Å². The summed E-state index contributed by atoms with van der Waals surface area (Å²) >= 11 is 1.63. The molecule has 0 saturated carbocycles. The van der Waals surface area contributed by atoms with Crippen LogP contribution >= 0.6 is 11.3 Å². The van der Waals surface area contributed by atoms with Gasteiger partial charge in [0.25, 0.3) is 0 Å². The summed E-state index contributed by atoms with van der Waals surface area (Å²) in [6.45, 7) is 5.29. The van der Waals surface area contributed by atoms with Crippen LogP contribution in [0.5, 0.6) is 0 Å². The quantitative estimate of drug-likeness (QED) is 0.904. The van der Waals surface area contributed by atoms with Crippen molar-refractivity contribution >= 4 is 28.1 Å². The number of hydrogen-bond acceptors (Lipinski definition) is 4. The average Bonchev–Trinajstić information content (AvgIpc) is 2.93. The smallest absolute Gasteiger partial charge is 0.224 e. The molecule has 0 aliphatic carbocycles. The minimum atomic E-state index is 0.101. The lowest BCUT2D eigenvalue weighted by Crippen LogP contribution is -2.18. The first-order chi connectivity index (χ1) is 10.1. The van der Waals surface area contributed by atoms with Crippen LogP contribution in [0, 0.1) is 5.92 Å². The number of nitrogens with one attached hydrogen (secondary N) is 2. The van der Waals surface area contributed by atoms with Crippen molar-refractivity contribution in [2.24, 2.45) is 5.92 Å². The van der Waals surface area contributed by atoms with E-state index >= 15 is 0 Å². The van der Waals surface area contributed by atoms with E-state index in [1.54, 1.807) is 11.3 Å². The maximum Gasteiger partial charge on any atom is 0.224 e. The summed E-state index contributed by atoms with van der Waals surface area (Å²) < 4.78 is 0. The van der Waals surface area contributed by atoms with Crippen LogP contribution in [-0.4, -0.2) is 17.4 Å². The number of carbonyl (C=O) groups excluding carboxylic acids is 1. The van der Waals surface area contributed by atoms with E-state index in [0.29, 0.717) is 12.3 Å². The van der Waals surface area contributed by atoms with Gasteiger partial charge in [-0.1, -0.05) is 19.9 Å². The SMILES string of the molecule is CC(C)CNc1nc(-c2ccc3c(c2)CCC(=O)N3)cs1. The highest BCUT2D eigenvalue weighted by Gasteiger charge is 2.15. The van der Waals surface area contributed by atoms with Crippen molar-refractivity contribution < 1.29 is 4.79 Å². The van der Waals surface area contributed by atoms with Gasteiger partial charge in [-0.15, -0.1) is 11.3 Å². The van der Waals surface area contributed by atoms with E-state index in [9.17, 15) is 4.79 Å². The molecule has 1 aromatic heterocycles. The number of carbonyl (C=O) groups is 1. The molecule has 0 spiro atoms. The Morgan fingerprint density at radius 3 is 3.05 bits per heavy atom. The van der Waals surface area contributed by atoms with E-state index in [2.05, 4.69) is 40.9 Å². The van der Waals surface area contributed by atoms with E-state index in [4.69, 9.17) is 0 Å². The maximum absolute atomic E-state index is 11.4. The van der Waals surface area contributed by atoms with Crippen molar-refractivity contribution in [3.63, 3.8) is 0 Å². The largest absolute Gasteiger partial charge is 0.361 e. The first-order valence-electron chi connectivity index (χ1n) is 7.24. The molecule has 3 rings (SSSR count). The van der Waals surface area contributed by atoms with Gasteiger partial charge in [0.2, 0.25) is 5.91 Å². The third kappa shape index (κ3) is 3.24. The molecule has 0 bridgehead atoms. The minimum absolute atomic E-state index is 0.101. The molecule has 5 heteroatoms. The second-order valence-corrected chi connectivity index (χ2v) is 6.59. The summed E-state index contributed by atoms with van der Waals surface area (Å²) in [7, 11) is 0. The number of hydrogen-bond donors (Lipinski definition) is 2. The van der Waals surface area contributed by atoms with Crippen molar-refractivity contribution in [3.05, 3.63) is 29.1 Å². The maximum atomic E-state index is 11.4. The number of fused-ring (bicyclic) bond motifs is 1. The van der Waals surface area contributed by atoms with Gasteiger partial charge in [0.15, 0.2) is 5.13 Å². The first kappa shape index (κ1) is 14.1. The summed E-state index contributed by atoms with van der Waals surface area (Å²) in [5, 5.41) is 9.30. The van der Waals surface area contributed by atoms with E-state index in [-0.39, 0.29) is 5.91 Å². The highest BCUT2D eigenvalue weighted by atomic mass is 32.1. The van der Waals surface area contributed by atoms with Crippen LogP contribution in [0.15, 0.2) is 23.6 Å². The van der Waals surface area contributed by atoms with Gasteiger partial charge in [0.1, 0.15) is 0 Å². The summed E-state index contributed by atoms with van der Waals surface area (Å²) in [6, 6.07) is 6.13. The first-order valence-corrected chi connectivity index (χ1v) is 8.12. The normalized spacial score (nSPS) is 14.0. The topological polar surface area (TPSA) is 54.0 Å². The van der Waals surface area contributed by atoms with Crippen LogP contribution in [0.3, 0.4) is 0 Å². The fourth-order valence-corrected chi connectivity index (χ4v) is 3.05. The monoisotopic (exact) mass is 301 g/mol. The molecule has 1 aliphatic heterocycles. The molecule has 2 N–H and O–H groups in total. The van der Waals surface area contributed by atoms with Gasteiger partial charge in [-0.25, -0.2) is 4.98 Å². The van der Waals surface area contributed by atoms with E-state index in [1.807, 2.05) is 12.1 Å². The number of nitrogens with zero attached hydrogens (tertiary/aromatic N) is 1. The predicted molar refractivity (Wildman–Crippen MR) is 87.8 cm³/mol. The molecule has 0 atom stereocenters. The molecular weight excluding hydrogens is 282 g/mol. The van der Waals surface area contributed by atoms with Gasteiger partial charge < -0.3 is 10.6 Å². The Balaban J connectivity index is 1.79. The lowest BCUT2D eigenvalue weighted by molar-refractivity contribution is -0.116. The number of thiazole rings is 1. The molecule has 4 nitrogen and oxygen atoms in total. The molecule has 1 aromatic carbocycles. The lowest BCUT2D eigenvalue weighted by Gasteiger charge is -2.17. The number of aryl methyl sites for hydroxylation is 1. The second kappa shape index (κ2) is 5.85. The van der Waals surface area contributed by atoms with Gasteiger partial charge in [0.05, 0.1) is 5.69 Å². The second-order valence-electron chi connectivity index (χ2n) is 5.73. The summed E-state index contributed by atoms with van der Waals surface area (Å²) in [5.41, 5.74) is 4.23. The number of rotatable bonds is 4. The van der Waals surface area contributed by atoms with Crippen molar-refractivity contribution in [2.75, 3.05) is 17.2 Å². The Labute approximate surface area is 128 Å².